The van der Waals surface area contributed by atoms with Crippen LogP contribution in [0.1, 0.15) is 11.1 Å². The fourth-order valence-corrected chi connectivity index (χ4v) is 7.05. The summed E-state index contributed by atoms with van der Waals surface area (Å²) in [4.78, 5) is 15.9. The first-order valence-electron chi connectivity index (χ1n) is 12.9. The Morgan fingerprint density at radius 2 is 1.56 bits per heavy atom. The highest BCUT2D eigenvalue weighted by Gasteiger charge is 2.43. The van der Waals surface area contributed by atoms with E-state index in [9.17, 15) is 27.3 Å². The minimum absolute atomic E-state index is 0.0636. The molecule has 0 aliphatic carbocycles. The van der Waals surface area contributed by atoms with E-state index in [0.29, 0.717) is 0 Å². The van der Waals surface area contributed by atoms with E-state index in [-0.39, 0.29) is 18.0 Å². The number of hydrogen-bond acceptors (Lipinski definition) is 6. The number of urea groups is 1. The van der Waals surface area contributed by atoms with Crippen molar-refractivity contribution in [3.63, 3.8) is 0 Å². The van der Waals surface area contributed by atoms with Gasteiger partial charge in [0, 0.05) is 31.5 Å². The number of fused-ring (bicyclic) bond motifs is 2. The Morgan fingerprint density at radius 3 is 2.07 bits per heavy atom. The Balaban J connectivity index is 1.51. The molecule has 2 heterocycles. The molecule has 0 aromatic heterocycles. The monoisotopic (exact) mass is 589 g/mol. The molecule has 41 heavy (non-hydrogen) atoms. The number of aliphatic hydroxyl groups is 1. The van der Waals surface area contributed by atoms with Crippen molar-refractivity contribution >= 4 is 27.3 Å². The fraction of sp³-hybridized carbons (Fsp3) is 0.321. The molecule has 1 fully saturated rings. The third-order valence-corrected chi connectivity index (χ3v) is 9.43. The molecule has 0 radical (unpaired) electrons. The number of aryl methyl sites for hydroxylation is 2. The van der Waals surface area contributed by atoms with Gasteiger partial charge in [-0.1, -0.05) is 36.4 Å². The Bertz CT molecular complexity index is 1490. The molecule has 0 spiro atoms. The number of ether oxygens (including phenoxy) is 1. The Hall–Kier alpha value is -3.81. The van der Waals surface area contributed by atoms with Crippen LogP contribution < -0.4 is 20.1 Å². The number of aliphatic hydroxyl groups excluding tert-OH is 1. The zero-order chi connectivity index (χ0) is 29.4. The molecule has 4 N–H and O–H groups in total. The van der Waals surface area contributed by atoms with E-state index in [1.807, 2.05) is 53.4 Å². The first-order chi connectivity index (χ1) is 19.5. The lowest BCUT2D eigenvalue weighted by molar-refractivity contribution is -0.274. The van der Waals surface area contributed by atoms with Gasteiger partial charge in [0.25, 0.3) is 0 Å². The molecule has 3 aromatic carbocycles. The predicted octanol–water partition coefficient (Wildman–Crippen LogP) is 3.98. The molecule has 2 aliphatic heterocycles. The molecule has 5 rings (SSSR count). The van der Waals surface area contributed by atoms with Crippen LogP contribution in [0.2, 0.25) is 0 Å². The van der Waals surface area contributed by atoms with Crippen LogP contribution in [0.5, 0.6) is 5.75 Å². The molecule has 0 bridgehead atoms. The van der Waals surface area contributed by atoms with Crippen LogP contribution in [-0.4, -0.2) is 64.9 Å². The molecule has 3 aromatic rings. The number of piperidine rings is 1. The predicted molar refractivity (Wildman–Crippen MR) is 148 cm³/mol. The van der Waals surface area contributed by atoms with Gasteiger partial charge in [0.1, 0.15) is 15.7 Å². The number of amides is 2. The molecule has 218 valence electrons. The van der Waals surface area contributed by atoms with E-state index >= 15 is 0 Å². The van der Waals surface area contributed by atoms with Gasteiger partial charge >= 0.3 is 12.4 Å². The van der Waals surface area contributed by atoms with Crippen molar-refractivity contribution < 1.29 is 32.0 Å². The second kappa shape index (κ2) is 11.2. The zero-order valence-corrected chi connectivity index (χ0v) is 22.9. The average molecular weight is 590 g/mol. The van der Waals surface area contributed by atoms with Gasteiger partial charge in [-0.05, 0) is 60.4 Å². The molecular formula is C28H30F3N5O4S. The van der Waals surface area contributed by atoms with Gasteiger partial charge in [-0.3, -0.25) is 0 Å². The van der Waals surface area contributed by atoms with Gasteiger partial charge in [0.05, 0.1) is 23.1 Å². The molecule has 2 amide bonds. The van der Waals surface area contributed by atoms with Crippen LogP contribution >= 0.6 is 0 Å². The van der Waals surface area contributed by atoms with Crippen molar-refractivity contribution in [2.75, 3.05) is 25.0 Å². The van der Waals surface area contributed by atoms with Gasteiger partial charge in [0.2, 0.25) is 0 Å². The van der Waals surface area contributed by atoms with Crippen molar-refractivity contribution in [3.05, 3.63) is 83.9 Å². The molecule has 4 unspecified atom stereocenters. The van der Waals surface area contributed by atoms with Crippen LogP contribution in [0, 0.1) is 0 Å². The molecule has 0 saturated carbocycles. The van der Waals surface area contributed by atoms with Crippen molar-refractivity contribution in [2.24, 2.45) is 10.1 Å². The fourth-order valence-electron chi connectivity index (χ4n) is 5.47. The number of halogens is 3. The van der Waals surface area contributed by atoms with E-state index in [2.05, 4.69) is 13.8 Å². The maximum atomic E-state index is 14.0. The van der Waals surface area contributed by atoms with Crippen LogP contribution in [0.4, 0.5) is 29.3 Å². The highest BCUT2D eigenvalue weighted by Crippen LogP contribution is 2.39. The second-order valence-electron chi connectivity index (χ2n) is 9.88. The summed E-state index contributed by atoms with van der Waals surface area (Å²) in [6.45, 7) is 0.0389. The molecular weight excluding hydrogens is 559 g/mol. The maximum absolute atomic E-state index is 14.0. The van der Waals surface area contributed by atoms with Gasteiger partial charge in [-0.25, -0.2) is 18.1 Å². The second-order valence-corrected chi connectivity index (χ2v) is 12.0. The zero-order valence-electron chi connectivity index (χ0n) is 22.1. The smallest absolute Gasteiger partial charge is 0.406 e. The van der Waals surface area contributed by atoms with Gasteiger partial charge < -0.3 is 25.4 Å². The van der Waals surface area contributed by atoms with Crippen molar-refractivity contribution in [3.8, 4) is 5.75 Å². The molecule has 1 saturated heterocycles. The number of rotatable bonds is 5. The van der Waals surface area contributed by atoms with Crippen LogP contribution in [0.25, 0.3) is 0 Å². The summed E-state index contributed by atoms with van der Waals surface area (Å²) >= 11 is 0. The Kier molecular flexibility index (Phi) is 7.86. The summed E-state index contributed by atoms with van der Waals surface area (Å²) in [6.07, 6.45) is -4.46. The highest BCUT2D eigenvalue weighted by atomic mass is 32.2. The minimum atomic E-state index is -4.87. The lowest BCUT2D eigenvalue weighted by Gasteiger charge is -2.47. The van der Waals surface area contributed by atoms with Gasteiger partial charge in [0.15, 0.2) is 0 Å². The largest absolute Gasteiger partial charge is 0.573 e. The Labute approximate surface area is 236 Å². The van der Waals surface area contributed by atoms with E-state index < -0.39 is 46.2 Å². The van der Waals surface area contributed by atoms with Crippen LogP contribution in [0.15, 0.2) is 82.1 Å². The molecule has 9 nitrogen and oxygen atoms in total. The van der Waals surface area contributed by atoms with E-state index in [1.54, 1.807) is 0 Å². The summed E-state index contributed by atoms with van der Waals surface area (Å²) < 4.78 is 62.6. The van der Waals surface area contributed by atoms with E-state index in [1.165, 1.54) is 24.1 Å². The quantitative estimate of drug-likeness (QED) is 0.416. The van der Waals surface area contributed by atoms with Gasteiger partial charge in [-0.15, -0.1) is 13.2 Å². The van der Waals surface area contributed by atoms with E-state index in [0.717, 1.165) is 47.5 Å². The lowest BCUT2D eigenvalue weighted by atomic mass is 9.94. The van der Waals surface area contributed by atoms with Crippen LogP contribution in [0.3, 0.4) is 0 Å². The topological polar surface area (TPSA) is 120 Å². The number of nitrogens with zero attached hydrogens (tertiary/aromatic N) is 3. The molecule has 2 aliphatic rings. The summed E-state index contributed by atoms with van der Waals surface area (Å²) in [7, 11) is -2.15. The summed E-state index contributed by atoms with van der Waals surface area (Å²) in [5, 5.41) is 11.8. The summed E-state index contributed by atoms with van der Waals surface area (Å²) in [6, 6.07) is 17.9. The summed E-state index contributed by atoms with van der Waals surface area (Å²) in [5.41, 5.74) is 9.63. The number of primary amides is 1. The standard InChI is InChI=1S/C28H30F3N5O4S/c1-33-41(39,21-14-12-20(13-15-21)40-28(29,30)31)34-22-16-35(27(32)38)17-25(26(22)37)36-23-8-4-2-6-18(23)10-11-19-7-3-5-9-24(19)36/h2-9,12-15,22,25-26,37H,10-11,16-17H2,1H3,(H2,32,38)(H,33,34,39). The van der Waals surface area contributed by atoms with Gasteiger partial charge in [-0.2, -0.15) is 0 Å². The number of anilines is 2. The number of alkyl halides is 3. The number of benzene rings is 3. The lowest BCUT2D eigenvalue weighted by Crippen LogP contribution is -2.66. The van der Waals surface area contributed by atoms with E-state index in [4.69, 9.17) is 5.73 Å². The first-order valence-corrected chi connectivity index (χ1v) is 14.5. The molecule has 4 atom stereocenters. The third-order valence-electron chi connectivity index (χ3n) is 7.39. The number of carbonyl (C=O) groups excluding carboxylic acids is 1. The Morgan fingerprint density at radius 1 is 1.00 bits per heavy atom. The number of carbonyl (C=O) groups is 1. The number of likely N-dealkylation sites (tertiary alicyclic amines) is 1. The minimum Gasteiger partial charge on any atom is -0.406 e. The number of nitrogens with two attached hydrogens (primary N) is 1. The summed E-state index contributed by atoms with van der Waals surface area (Å²) in [5.74, 6) is -0.477. The highest BCUT2D eigenvalue weighted by molar-refractivity contribution is 7.91. The average Bonchev–Trinajstić information content (AvgIpc) is 3.10. The maximum Gasteiger partial charge on any atom is 0.573 e. The SMILES string of the molecule is CN=S(=O)(NC1CN(C(N)=O)CC(N2c3ccccc3CCc3ccccc32)C1O)c1ccc(OC(F)(F)F)cc1. The van der Waals surface area contributed by atoms with Crippen molar-refractivity contribution in [1.29, 1.82) is 0 Å². The number of para-hydroxylation sites is 2. The third kappa shape index (κ3) is 5.97. The van der Waals surface area contributed by atoms with Crippen LogP contribution in [-0.2, 0) is 22.8 Å². The first kappa shape index (κ1) is 28.7. The number of nitrogens with one attached hydrogen (secondary N) is 1. The molecule has 13 heteroatoms. The number of hydrogen-bond donors (Lipinski definition) is 3. The normalized spacial score (nSPS) is 22.1. The van der Waals surface area contributed by atoms with Crippen molar-refractivity contribution in [2.45, 2.75) is 42.3 Å². The van der Waals surface area contributed by atoms with Crippen molar-refractivity contribution in [1.82, 2.24) is 9.62 Å².